The number of nitro benzene ring substituents is 1. The van der Waals surface area contributed by atoms with E-state index in [1.165, 1.54) is 6.08 Å². The van der Waals surface area contributed by atoms with Crippen LogP contribution in [0.15, 0.2) is 24.8 Å². The van der Waals surface area contributed by atoms with Gasteiger partial charge < -0.3 is 10.0 Å². The lowest BCUT2D eigenvalue weighted by Gasteiger charge is -2.18. The predicted molar refractivity (Wildman–Crippen MR) is 66.7 cm³/mol. The summed E-state index contributed by atoms with van der Waals surface area (Å²) in [5, 5.41) is 19.5. The van der Waals surface area contributed by atoms with Crippen molar-refractivity contribution >= 4 is 17.6 Å². The Balaban J connectivity index is 3.32. The van der Waals surface area contributed by atoms with Gasteiger partial charge in [0.1, 0.15) is 12.1 Å². The largest absolute Gasteiger partial charge is 0.480 e. The van der Waals surface area contributed by atoms with E-state index in [2.05, 4.69) is 6.58 Å². The van der Waals surface area contributed by atoms with Crippen molar-refractivity contribution in [2.24, 2.45) is 0 Å². The van der Waals surface area contributed by atoms with Crippen LogP contribution in [0.3, 0.4) is 0 Å². The lowest BCUT2D eigenvalue weighted by atomic mass is 10.1. The van der Waals surface area contributed by atoms with Gasteiger partial charge >= 0.3 is 5.97 Å². The van der Waals surface area contributed by atoms with E-state index >= 15 is 0 Å². The van der Waals surface area contributed by atoms with Crippen LogP contribution in [0.2, 0.25) is 0 Å². The first kappa shape index (κ1) is 16.2. The van der Waals surface area contributed by atoms with Crippen LogP contribution < -0.4 is 0 Å². The molecule has 0 bridgehead atoms. The van der Waals surface area contributed by atoms with Crippen LogP contribution in [0.1, 0.15) is 10.4 Å². The number of amides is 1. The third kappa shape index (κ3) is 3.81. The van der Waals surface area contributed by atoms with Crippen LogP contribution in [-0.4, -0.2) is 39.9 Å². The second-order valence-corrected chi connectivity index (χ2v) is 3.91. The highest BCUT2D eigenvalue weighted by atomic mass is 19.2. The van der Waals surface area contributed by atoms with Crippen molar-refractivity contribution < 1.29 is 28.4 Å². The number of carbonyl (C=O) groups excluding carboxylic acids is 1. The summed E-state index contributed by atoms with van der Waals surface area (Å²) in [6.45, 7) is 2.33. The summed E-state index contributed by atoms with van der Waals surface area (Å²) in [4.78, 5) is 33.2. The summed E-state index contributed by atoms with van der Waals surface area (Å²) in [5.41, 5.74) is -1.68. The Morgan fingerprint density at radius 2 is 1.95 bits per heavy atom. The highest BCUT2D eigenvalue weighted by Crippen LogP contribution is 2.23. The van der Waals surface area contributed by atoms with Gasteiger partial charge in [-0.2, -0.15) is 0 Å². The summed E-state index contributed by atoms with van der Waals surface area (Å²) >= 11 is 0. The normalized spacial score (nSPS) is 10.0. The van der Waals surface area contributed by atoms with E-state index in [1.807, 2.05) is 0 Å². The van der Waals surface area contributed by atoms with Crippen molar-refractivity contribution in [3.05, 3.63) is 52.1 Å². The fourth-order valence-corrected chi connectivity index (χ4v) is 1.57. The molecule has 112 valence electrons. The molecule has 21 heavy (non-hydrogen) atoms. The number of carboxylic acid groups (broad SMARTS) is 1. The van der Waals surface area contributed by atoms with Gasteiger partial charge in [0, 0.05) is 6.54 Å². The highest BCUT2D eigenvalue weighted by Gasteiger charge is 2.28. The van der Waals surface area contributed by atoms with Gasteiger partial charge in [-0.15, -0.1) is 6.58 Å². The molecular weight excluding hydrogens is 290 g/mol. The Hall–Kier alpha value is -2.84. The predicted octanol–water partition coefficient (Wildman–Crippen LogP) is 1.59. The molecule has 1 amide bonds. The SMILES string of the molecule is C=CCN(CC(=O)O)C(=O)c1cc(F)c(F)cc1[N+](=O)[O-]. The van der Waals surface area contributed by atoms with Gasteiger partial charge in [0.2, 0.25) is 0 Å². The number of carboxylic acids is 1. The number of nitrogens with zero attached hydrogens (tertiary/aromatic N) is 2. The van der Waals surface area contributed by atoms with E-state index < -0.39 is 46.2 Å². The second kappa shape index (κ2) is 6.55. The number of aliphatic carboxylic acids is 1. The molecule has 0 saturated heterocycles. The van der Waals surface area contributed by atoms with E-state index in [1.54, 1.807) is 0 Å². The molecule has 1 N–H and O–H groups in total. The van der Waals surface area contributed by atoms with Crippen molar-refractivity contribution in [2.75, 3.05) is 13.1 Å². The van der Waals surface area contributed by atoms with Crippen molar-refractivity contribution in [3.63, 3.8) is 0 Å². The van der Waals surface area contributed by atoms with E-state index in [0.29, 0.717) is 11.0 Å². The average Bonchev–Trinajstić information content (AvgIpc) is 2.39. The third-order valence-corrected chi connectivity index (χ3v) is 2.43. The molecule has 1 rings (SSSR count). The number of nitro groups is 1. The number of halogens is 2. The first-order valence-electron chi connectivity index (χ1n) is 5.53. The molecule has 0 atom stereocenters. The number of carbonyl (C=O) groups is 2. The van der Waals surface area contributed by atoms with E-state index in [-0.39, 0.29) is 12.6 Å². The first-order valence-corrected chi connectivity index (χ1v) is 5.53. The zero-order valence-corrected chi connectivity index (χ0v) is 10.6. The third-order valence-electron chi connectivity index (χ3n) is 2.43. The number of hydrogen-bond acceptors (Lipinski definition) is 4. The maximum Gasteiger partial charge on any atom is 0.323 e. The van der Waals surface area contributed by atoms with Crippen molar-refractivity contribution in [2.45, 2.75) is 0 Å². The minimum absolute atomic E-state index is 0.221. The van der Waals surface area contributed by atoms with E-state index in [4.69, 9.17) is 5.11 Å². The Bertz CT molecular complexity index is 618. The second-order valence-electron chi connectivity index (χ2n) is 3.91. The molecule has 0 fully saturated rings. The maximum absolute atomic E-state index is 13.2. The average molecular weight is 300 g/mol. The molecule has 0 radical (unpaired) electrons. The van der Waals surface area contributed by atoms with Crippen LogP contribution in [0, 0.1) is 21.7 Å². The molecule has 1 aromatic carbocycles. The Morgan fingerprint density at radius 1 is 1.38 bits per heavy atom. The summed E-state index contributed by atoms with van der Waals surface area (Å²) in [6, 6.07) is 0.642. The first-order chi connectivity index (χ1) is 9.77. The molecule has 0 aliphatic carbocycles. The fourth-order valence-electron chi connectivity index (χ4n) is 1.57. The summed E-state index contributed by atoms with van der Waals surface area (Å²) in [6.07, 6.45) is 1.20. The molecule has 0 spiro atoms. The summed E-state index contributed by atoms with van der Waals surface area (Å²) < 4.78 is 26.2. The zero-order valence-electron chi connectivity index (χ0n) is 10.6. The Kier molecular flexibility index (Phi) is 5.06. The smallest absolute Gasteiger partial charge is 0.323 e. The van der Waals surface area contributed by atoms with Gasteiger partial charge in [-0.3, -0.25) is 19.7 Å². The molecule has 0 aliphatic heterocycles. The van der Waals surface area contributed by atoms with Crippen LogP contribution in [0.4, 0.5) is 14.5 Å². The van der Waals surface area contributed by atoms with Crippen LogP contribution >= 0.6 is 0 Å². The molecule has 0 aromatic heterocycles. The van der Waals surface area contributed by atoms with Gasteiger partial charge in [0.25, 0.3) is 11.6 Å². The van der Waals surface area contributed by atoms with Crippen LogP contribution in [0.5, 0.6) is 0 Å². The standard InChI is InChI=1S/C12H10F2N2O5/c1-2-3-15(6-11(17)18)12(19)7-4-8(13)9(14)5-10(7)16(20)21/h2,4-5H,1,3,6H2,(H,17,18). The maximum atomic E-state index is 13.2. The lowest BCUT2D eigenvalue weighted by molar-refractivity contribution is -0.385. The zero-order chi connectivity index (χ0) is 16.2. The molecule has 0 unspecified atom stereocenters. The number of benzene rings is 1. The summed E-state index contributed by atoms with van der Waals surface area (Å²) in [5.74, 6) is -5.40. The van der Waals surface area contributed by atoms with Gasteiger partial charge in [-0.25, -0.2) is 8.78 Å². The highest BCUT2D eigenvalue weighted by molar-refractivity contribution is 5.99. The van der Waals surface area contributed by atoms with Crippen LogP contribution in [0.25, 0.3) is 0 Å². The topological polar surface area (TPSA) is 101 Å². The minimum atomic E-state index is -1.48. The number of hydrogen-bond donors (Lipinski definition) is 1. The molecular formula is C12H10F2N2O5. The Morgan fingerprint density at radius 3 is 2.43 bits per heavy atom. The quantitative estimate of drug-likeness (QED) is 0.488. The van der Waals surface area contributed by atoms with Crippen molar-refractivity contribution in [1.29, 1.82) is 0 Å². The monoisotopic (exact) mass is 300 g/mol. The molecule has 0 heterocycles. The fraction of sp³-hybridized carbons (Fsp3) is 0.167. The Labute approximate surface area is 117 Å². The van der Waals surface area contributed by atoms with E-state index in [0.717, 1.165) is 0 Å². The van der Waals surface area contributed by atoms with Gasteiger partial charge in [0.05, 0.1) is 11.0 Å². The van der Waals surface area contributed by atoms with Crippen molar-refractivity contribution in [1.82, 2.24) is 4.90 Å². The molecule has 7 nitrogen and oxygen atoms in total. The molecule has 9 heteroatoms. The summed E-state index contributed by atoms with van der Waals surface area (Å²) in [7, 11) is 0. The van der Waals surface area contributed by atoms with Crippen molar-refractivity contribution in [3.8, 4) is 0 Å². The van der Waals surface area contributed by atoms with Crippen LogP contribution in [-0.2, 0) is 4.79 Å². The molecule has 0 aliphatic rings. The van der Waals surface area contributed by atoms with E-state index in [9.17, 15) is 28.5 Å². The van der Waals surface area contributed by atoms with Gasteiger partial charge in [0.15, 0.2) is 11.6 Å². The van der Waals surface area contributed by atoms with Gasteiger partial charge in [-0.1, -0.05) is 6.08 Å². The lowest BCUT2D eigenvalue weighted by Crippen LogP contribution is -2.36. The number of rotatable bonds is 6. The minimum Gasteiger partial charge on any atom is -0.480 e. The molecule has 1 aromatic rings. The molecule has 0 saturated carbocycles. The van der Waals surface area contributed by atoms with Gasteiger partial charge in [-0.05, 0) is 6.07 Å².